The number of carbonyl (C=O) groups excluding carboxylic acids is 1. The molecular formula is C13H9ClN2O3. The van der Waals surface area contributed by atoms with Gasteiger partial charge in [-0.1, -0.05) is 23.7 Å². The maximum absolute atomic E-state index is 12.0. The number of benzene rings is 1. The molecule has 0 atom stereocenters. The molecule has 0 unspecified atom stereocenters. The molecule has 1 aromatic carbocycles. The van der Waals surface area contributed by atoms with Gasteiger partial charge in [0.15, 0.2) is 5.15 Å². The van der Waals surface area contributed by atoms with Gasteiger partial charge in [-0.3, -0.25) is 4.79 Å². The van der Waals surface area contributed by atoms with Crippen LogP contribution in [-0.4, -0.2) is 22.0 Å². The molecule has 1 amide bonds. The molecule has 0 saturated carbocycles. The molecule has 0 aliphatic rings. The Hall–Kier alpha value is -2.40. The van der Waals surface area contributed by atoms with Crippen molar-refractivity contribution in [3.63, 3.8) is 0 Å². The maximum atomic E-state index is 12.0. The van der Waals surface area contributed by atoms with Gasteiger partial charge in [-0.25, -0.2) is 9.78 Å². The average molecular weight is 277 g/mol. The Morgan fingerprint density at radius 1 is 1.11 bits per heavy atom. The van der Waals surface area contributed by atoms with Crippen LogP contribution < -0.4 is 5.32 Å². The molecule has 2 aromatic rings. The highest BCUT2D eigenvalue weighted by Gasteiger charge is 2.16. The minimum Gasteiger partial charge on any atom is -0.478 e. The summed E-state index contributed by atoms with van der Waals surface area (Å²) >= 11 is 5.82. The molecule has 5 nitrogen and oxygen atoms in total. The Balaban J connectivity index is 2.31. The number of rotatable bonds is 3. The van der Waals surface area contributed by atoms with Crippen molar-refractivity contribution in [1.82, 2.24) is 4.98 Å². The van der Waals surface area contributed by atoms with E-state index in [4.69, 9.17) is 16.7 Å². The summed E-state index contributed by atoms with van der Waals surface area (Å²) in [5, 5.41) is 11.7. The van der Waals surface area contributed by atoms with Crippen LogP contribution in [0.1, 0.15) is 20.7 Å². The van der Waals surface area contributed by atoms with E-state index in [9.17, 15) is 9.59 Å². The molecule has 0 aliphatic heterocycles. The molecule has 0 spiro atoms. The number of pyridine rings is 1. The quantitative estimate of drug-likeness (QED) is 0.845. The molecule has 6 heteroatoms. The third-order valence-corrected chi connectivity index (χ3v) is 2.71. The zero-order valence-corrected chi connectivity index (χ0v) is 10.4. The van der Waals surface area contributed by atoms with Crippen molar-refractivity contribution in [3.8, 4) is 0 Å². The lowest BCUT2D eigenvalue weighted by atomic mass is 10.1. The first-order valence-electron chi connectivity index (χ1n) is 5.34. The number of nitrogens with zero attached hydrogens (tertiary/aromatic N) is 1. The molecule has 0 saturated heterocycles. The number of aromatic nitrogens is 1. The number of halogens is 1. The van der Waals surface area contributed by atoms with Gasteiger partial charge in [-0.15, -0.1) is 0 Å². The van der Waals surface area contributed by atoms with Crippen molar-refractivity contribution in [1.29, 1.82) is 0 Å². The van der Waals surface area contributed by atoms with Gasteiger partial charge in [0.1, 0.15) is 0 Å². The highest BCUT2D eigenvalue weighted by atomic mass is 35.5. The molecule has 2 rings (SSSR count). The van der Waals surface area contributed by atoms with E-state index >= 15 is 0 Å². The second-order valence-corrected chi connectivity index (χ2v) is 4.00. The van der Waals surface area contributed by atoms with Crippen molar-refractivity contribution >= 4 is 29.2 Å². The first-order chi connectivity index (χ1) is 9.09. The van der Waals surface area contributed by atoms with Crippen molar-refractivity contribution in [2.75, 3.05) is 5.32 Å². The van der Waals surface area contributed by atoms with E-state index in [0.717, 1.165) is 0 Å². The molecule has 2 N–H and O–H groups in total. The highest BCUT2D eigenvalue weighted by Crippen LogP contribution is 2.19. The maximum Gasteiger partial charge on any atom is 0.336 e. The first-order valence-corrected chi connectivity index (χ1v) is 5.71. The summed E-state index contributed by atoms with van der Waals surface area (Å²) in [7, 11) is 0. The van der Waals surface area contributed by atoms with Crippen LogP contribution in [0.15, 0.2) is 42.6 Å². The Kier molecular flexibility index (Phi) is 3.77. The number of carboxylic acids is 1. The second kappa shape index (κ2) is 5.49. The summed E-state index contributed by atoms with van der Waals surface area (Å²) in [5.74, 6) is -1.71. The molecule has 0 radical (unpaired) electrons. The summed E-state index contributed by atoms with van der Waals surface area (Å²) in [6, 6.07) is 9.13. The fraction of sp³-hybridized carbons (Fsp3) is 0. The average Bonchev–Trinajstić information content (AvgIpc) is 2.41. The van der Waals surface area contributed by atoms with Gasteiger partial charge in [0.05, 0.1) is 16.8 Å². The molecular weight excluding hydrogens is 268 g/mol. The SMILES string of the molecule is O=C(O)c1ccccc1C(=O)Nc1cccnc1Cl. The van der Waals surface area contributed by atoms with E-state index in [2.05, 4.69) is 10.3 Å². The van der Waals surface area contributed by atoms with Crippen LogP contribution in [0, 0.1) is 0 Å². The number of amides is 1. The van der Waals surface area contributed by atoms with Crippen LogP contribution in [0.3, 0.4) is 0 Å². The zero-order chi connectivity index (χ0) is 13.8. The van der Waals surface area contributed by atoms with Gasteiger partial charge in [0.2, 0.25) is 0 Å². The number of anilines is 1. The molecule has 0 fully saturated rings. The largest absolute Gasteiger partial charge is 0.478 e. The monoisotopic (exact) mass is 276 g/mol. The van der Waals surface area contributed by atoms with Gasteiger partial charge in [0, 0.05) is 6.20 Å². The van der Waals surface area contributed by atoms with Crippen LogP contribution in [0.2, 0.25) is 5.15 Å². The standard InChI is InChI=1S/C13H9ClN2O3/c14-11-10(6-3-7-15-11)16-12(17)8-4-1-2-5-9(8)13(18)19/h1-7H,(H,16,17)(H,18,19). The lowest BCUT2D eigenvalue weighted by Gasteiger charge is -2.08. The Morgan fingerprint density at radius 3 is 2.42 bits per heavy atom. The number of nitrogens with one attached hydrogen (secondary N) is 1. The normalized spacial score (nSPS) is 9.95. The van der Waals surface area contributed by atoms with Crippen molar-refractivity contribution in [2.24, 2.45) is 0 Å². The predicted molar refractivity (Wildman–Crippen MR) is 70.6 cm³/mol. The summed E-state index contributed by atoms with van der Waals surface area (Å²) in [4.78, 5) is 26.9. The van der Waals surface area contributed by atoms with Gasteiger partial charge in [0.25, 0.3) is 5.91 Å². The lowest BCUT2D eigenvalue weighted by Crippen LogP contribution is -2.16. The topological polar surface area (TPSA) is 79.3 Å². The highest BCUT2D eigenvalue weighted by molar-refractivity contribution is 6.32. The van der Waals surface area contributed by atoms with Gasteiger partial charge in [-0.05, 0) is 24.3 Å². The summed E-state index contributed by atoms with van der Waals surface area (Å²) in [5.41, 5.74) is 0.323. The number of hydrogen-bond donors (Lipinski definition) is 2. The second-order valence-electron chi connectivity index (χ2n) is 3.65. The first kappa shape index (κ1) is 13.0. The van der Waals surface area contributed by atoms with Gasteiger partial charge in [-0.2, -0.15) is 0 Å². The molecule has 96 valence electrons. The number of carboxylic acid groups (broad SMARTS) is 1. The van der Waals surface area contributed by atoms with Crippen LogP contribution >= 0.6 is 11.6 Å². The Morgan fingerprint density at radius 2 is 1.79 bits per heavy atom. The predicted octanol–water partition coefficient (Wildman–Crippen LogP) is 2.69. The Bertz CT molecular complexity index is 643. The minimum absolute atomic E-state index is 0.0647. The number of aromatic carboxylic acids is 1. The molecule has 1 heterocycles. The summed E-state index contributed by atoms with van der Waals surface area (Å²) in [6.45, 7) is 0. The molecule has 0 aliphatic carbocycles. The number of hydrogen-bond acceptors (Lipinski definition) is 3. The Labute approximate surface area is 113 Å². The fourth-order valence-electron chi connectivity index (χ4n) is 1.54. The van der Waals surface area contributed by atoms with E-state index in [1.807, 2.05) is 0 Å². The van der Waals surface area contributed by atoms with Crippen molar-refractivity contribution < 1.29 is 14.7 Å². The summed E-state index contributed by atoms with van der Waals surface area (Å²) in [6.07, 6.45) is 1.49. The molecule has 0 bridgehead atoms. The zero-order valence-electron chi connectivity index (χ0n) is 9.63. The van der Waals surface area contributed by atoms with Crippen molar-refractivity contribution in [3.05, 3.63) is 58.9 Å². The smallest absolute Gasteiger partial charge is 0.336 e. The van der Waals surface area contributed by atoms with Crippen LogP contribution in [-0.2, 0) is 0 Å². The van der Waals surface area contributed by atoms with Crippen LogP contribution in [0.25, 0.3) is 0 Å². The number of carbonyl (C=O) groups is 2. The van der Waals surface area contributed by atoms with E-state index in [-0.39, 0.29) is 16.3 Å². The molecule has 1 aromatic heterocycles. The van der Waals surface area contributed by atoms with Crippen LogP contribution in [0.4, 0.5) is 5.69 Å². The van der Waals surface area contributed by atoms with Gasteiger partial charge >= 0.3 is 5.97 Å². The van der Waals surface area contributed by atoms with E-state index < -0.39 is 11.9 Å². The van der Waals surface area contributed by atoms with Crippen molar-refractivity contribution in [2.45, 2.75) is 0 Å². The van der Waals surface area contributed by atoms with E-state index in [1.165, 1.54) is 18.3 Å². The molecule has 19 heavy (non-hydrogen) atoms. The fourth-order valence-corrected chi connectivity index (χ4v) is 1.70. The van der Waals surface area contributed by atoms with Crippen LogP contribution in [0.5, 0.6) is 0 Å². The van der Waals surface area contributed by atoms with E-state index in [1.54, 1.807) is 24.3 Å². The van der Waals surface area contributed by atoms with E-state index in [0.29, 0.717) is 5.69 Å². The summed E-state index contributed by atoms with van der Waals surface area (Å²) < 4.78 is 0. The third-order valence-electron chi connectivity index (χ3n) is 2.41. The van der Waals surface area contributed by atoms with Gasteiger partial charge < -0.3 is 10.4 Å². The minimum atomic E-state index is -1.16. The lowest BCUT2D eigenvalue weighted by molar-refractivity contribution is 0.0692. The third kappa shape index (κ3) is 2.89.